The first-order valence-electron chi connectivity index (χ1n) is 11.5. The minimum Gasteiger partial charge on any atom is -0.434 e. The topological polar surface area (TPSA) is 32.8 Å². The summed E-state index contributed by atoms with van der Waals surface area (Å²) in [6, 6.07) is 7.78. The first-order valence-corrected chi connectivity index (χ1v) is 11.5. The van der Waals surface area contributed by atoms with E-state index in [1.54, 1.807) is 12.1 Å². The second-order valence-corrected chi connectivity index (χ2v) is 9.74. The molecule has 1 aromatic carbocycles. The number of alkyl halides is 2. The molecule has 0 aromatic heterocycles. The van der Waals surface area contributed by atoms with Crippen molar-refractivity contribution in [2.75, 3.05) is 13.1 Å². The quantitative estimate of drug-likeness (QED) is 0.627. The molecule has 4 nitrogen and oxygen atoms in total. The van der Waals surface area contributed by atoms with Crippen LogP contribution in [-0.4, -0.2) is 47.5 Å². The van der Waals surface area contributed by atoms with E-state index in [0.29, 0.717) is 48.7 Å². The summed E-state index contributed by atoms with van der Waals surface area (Å²) in [6.45, 7) is 4.13. The third kappa shape index (κ3) is 4.63. The van der Waals surface area contributed by atoms with Gasteiger partial charge >= 0.3 is 6.61 Å². The lowest BCUT2D eigenvalue weighted by Crippen LogP contribution is -2.64. The Bertz CT molecular complexity index is 742. The van der Waals surface area contributed by atoms with Crippen LogP contribution in [0.1, 0.15) is 57.9 Å². The van der Waals surface area contributed by atoms with E-state index in [2.05, 4.69) is 23.6 Å². The van der Waals surface area contributed by atoms with Crippen LogP contribution in [0.25, 0.3) is 0 Å². The molecule has 0 unspecified atom stereocenters. The number of carbonyl (C=O) groups is 1. The van der Waals surface area contributed by atoms with Crippen molar-refractivity contribution < 1.29 is 18.3 Å². The predicted octanol–water partition coefficient (Wildman–Crippen LogP) is 4.93. The Balaban J connectivity index is 1.53. The van der Waals surface area contributed by atoms with Gasteiger partial charge in [0.05, 0.1) is 0 Å². The summed E-state index contributed by atoms with van der Waals surface area (Å²) < 4.78 is 30.4. The Kier molecular flexibility index (Phi) is 6.61. The number of ether oxygens (including phenoxy) is 1. The monoisotopic (exact) mass is 420 g/mol. The summed E-state index contributed by atoms with van der Waals surface area (Å²) in [7, 11) is 0. The van der Waals surface area contributed by atoms with Gasteiger partial charge in [-0.05, 0) is 55.9 Å². The molecule has 0 N–H and O–H groups in total. The maximum atomic E-state index is 12.9. The van der Waals surface area contributed by atoms with E-state index in [1.165, 1.54) is 6.42 Å². The zero-order valence-corrected chi connectivity index (χ0v) is 18.1. The maximum Gasteiger partial charge on any atom is 0.387 e. The second kappa shape index (κ2) is 9.21. The fourth-order valence-electron chi connectivity index (χ4n) is 5.96. The number of likely N-dealkylation sites (tertiary alicyclic amines) is 1. The molecule has 2 bridgehead atoms. The molecule has 3 aliphatic rings. The summed E-state index contributed by atoms with van der Waals surface area (Å²) in [5, 5.41) is 0. The van der Waals surface area contributed by atoms with Crippen molar-refractivity contribution in [3.63, 3.8) is 0 Å². The Hall–Kier alpha value is -1.69. The van der Waals surface area contributed by atoms with Gasteiger partial charge in [-0.15, -0.1) is 0 Å². The highest BCUT2D eigenvalue weighted by molar-refractivity contribution is 5.78. The lowest BCUT2D eigenvalue weighted by molar-refractivity contribution is -0.153. The number of fused-ring (bicyclic) bond motifs is 4. The zero-order chi connectivity index (χ0) is 21.3. The highest BCUT2D eigenvalue weighted by Crippen LogP contribution is 2.43. The fraction of sp³-hybridized carbons (Fsp3) is 0.708. The van der Waals surface area contributed by atoms with E-state index in [1.807, 2.05) is 12.1 Å². The van der Waals surface area contributed by atoms with Gasteiger partial charge in [-0.25, -0.2) is 0 Å². The van der Waals surface area contributed by atoms with Gasteiger partial charge in [-0.1, -0.05) is 32.0 Å². The number of rotatable bonds is 7. The highest BCUT2D eigenvalue weighted by Gasteiger charge is 2.49. The minimum atomic E-state index is -2.81. The molecule has 3 aliphatic heterocycles. The summed E-state index contributed by atoms with van der Waals surface area (Å²) in [5.41, 5.74) is 0.813. The average molecular weight is 421 g/mol. The van der Waals surface area contributed by atoms with Crippen molar-refractivity contribution in [2.24, 2.45) is 17.8 Å². The lowest BCUT2D eigenvalue weighted by atomic mass is 9.70. The highest BCUT2D eigenvalue weighted by atomic mass is 19.3. The van der Waals surface area contributed by atoms with Crippen LogP contribution in [0.2, 0.25) is 0 Å². The van der Waals surface area contributed by atoms with E-state index >= 15 is 0 Å². The Morgan fingerprint density at radius 1 is 1.17 bits per heavy atom. The zero-order valence-electron chi connectivity index (χ0n) is 18.1. The summed E-state index contributed by atoms with van der Waals surface area (Å²) in [6.07, 6.45) is 6.16. The van der Waals surface area contributed by atoms with E-state index in [9.17, 15) is 13.6 Å². The summed E-state index contributed by atoms with van der Waals surface area (Å²) in [5.74, 6) is 2.18. The number of hydrogen-bond acceptors (Lipinski definition) is 3. The molecule has 4 atom stereocenters. The third-order valence-electron chi connectivity index (χ3n) is 7.19. The molecule has 3 heterocycles. The van der Waals surface area contributed by atoms with Crippen LogP contribution in [0, 0.1) is 17.8 Å². The molecule has 4 rings (SSSR count). The first kappa shape index (κ1) is 21.5. The number of hydrogen-bond donors (Lipinski definition) is 0. The normalized spacial score (nSPS) is 29.4. The van der Waals surface area contributed by atoms with Crippen molar-refractivity contribution in [3.8, 4) is 5.75 Å². The van der Waals surface area contributed by atoms with Gasteiger partial charge in [0.1, 0.15) is 5.75 Å². The Morgan fingerprint density at radius 3 is 2.70 bits per heavy atom. The van der Waals surface area contributed by atoms with Crippen LogP contribution in [0.15, 0.2) is 24.3 Å². The Morgan fingerprint density at radius 2 is 1.93 bits per heavy atom. The smallest absolute Gasteiger partial charge is 0.387 e. The largest absolute Gasteiger partial charge is 0.434 e. The van der Waals surface area contributed by atoms with E-state index < -0.39 is 6.61 Å². The molecule has 0 saturated carbocycles. The number of piperidine rings is 3. The van der Waals surface area contributed by atoms with Crippen LogP contribution >= 0.6 is 0 Å². The van der Waals surface area contributed by atoms with Crippen LogP contribution in [0.4, 0.5) is 8.78 Å². The van der Waals surface area contributed by atoms with Crippen molar-refractivity contribution in [3.05, 3.63) is 29.8 Å². The molecule has 6 heteroatoms. The van der Waals surface area contributed by atoms with Crippen molar-refractivity contribution in [1.82, 2.24) is 9.80 Å². The van der Waals surface area contributed by atoms with Crippen molar-refractivity contribution in [1.29, 1.82) is 0 Å². The average Bonchev–Trinajstić information content (AvgIpc) is 2.69. The molecular formula is C24H34F2N2O2. The minimum absolute atomic E-state index is 0.272. The van der Waals surface area contributed by atoms with E-state index in [-0.39, 0.29) is 5.75 Å². The molecule has 3 fully saturated rings. The van der Waals surface area contributed by atoms with Gasteiger partial charge in [-0.2, -0.15) is 8.78 Å². The SMILES string of the molecule is CC(C)CC[C@H]1[C@H]2C[C@H](CN(Cc3ccccc3OC(F)F)C2)[C@@H]2CCCC(=O)N21. The maximum absolute atomic E-state index is 12.9. The molecule has 30 heavy (non-hydrogen) atoms. The molecule has 0 spiro atoms. The van der Waals surface area contributed by atoms with E-state index in [0.717, 1.165) is 44.3 Å². The van der Waals surface area contributed by atoms with Gasteiger partial charge in [0.2, 0.25) is 5.91 Å². The van der Waals surface area contributed by atoms with Crippen molar-refractivity contribution >= 4 is 5.91 Å². The third-order valence-corrected chi connectivity index (χ3v) is 7.19. The fourth-order valence-corrected chi connectivity index (χ4v) is 5.96. The number of amides is 1. The Labute approximate surface area is 178 Å². The second-order valence-electron chi connectivity index (χ2n) is 9.74. The summed E-state index contributed by atoms with van der Waals surface area (Å²) in [4.78, 5) is 17.5. The number of benzene rings is 1. The van der Waals surface area contributed by atoms with Gasteiger partial charge in [-0.3, -0.25) is 9.69 Å². The van der Waals surface area contributed by atoms with Crippen LogP contribution in [0.5, 0.6) is 5.75 Å². The van der Waals surface area contributed by atoms with Crippen LogP contribution in [-0.2, 0) is 11.3 Å². The molecule has 166 valence electrons. The number of halogens is 2. The standard InChI is InChI=1S/C24H34F2N2O2/c1-16(2)10-11-21-19-12-18(20-7-5-9-23(29)28(20)21)14-27(15-19)13-17-6-3-4-8-22(17)30-24(25)26/h3-4,6,8,16,18-21,24H,5,7,9-15H2,1-2H3/t18-,19+,20+,21+/m1/s1. The molecular weight excluding hydrogens is 386 g/mol. The van der Waals surface area contributed by atoms with Crippen molar-refractivity contribution in [2.45, 2.75) is 77.6 Å². The van der Waals surface area contributed by atoms with Gasteiger partial charge in [0.15, 0.2) is 0 Å². The molecule has 3 saturated heterocycles. The molecule has 0 radical (unpaired) electrons. The molecule has 1 amide bonds. The lowest BCUT2D eigenvalue weighted by Gasteiger charge is -2.57. The number of carbonyl (C=O) groups excluding carboxylic acids is 1. The molecule has 1 aromatic rings. The first-order chi connectivity index (χ1) is 14.4. The molecule has 0 aliphatic carbocycles. The van der Waals surface area contributed by atoms with Gasteiger partial charge in [0.25, 0.3) is 0 Å². The van der Waals surface area contributed by atoms with Crippen LogP contribution in [0.3, 0.4) is 0 Å². The summed E-state index contributed by atoms with van der Waals surface area (Å²) >= 11 is 0. The van der Waals surface area contributed by atoms with Gasteiger partial charge < -0.3 is 9.64 Å². The number of para-hydroxylation sites is 1. The van der Waals surface area contributed by atoms with Gasteiger partial charge in [0, 0.05) is 43.7 Å². The van der Waals surface area contributed by atoms with E-state index in [4.69, 9.17) is 4.74 Å². The predicted molar refractivity (Wildman–Crippen MR) is 112 cm³/mol. The van der Waals surface area contributed by atoms with Crippen LogP contribution < -0.4 is 4.74 Å². The number of nitrogens with zero attached hydrogens (tertiary/aromatic N) is 2.